The van der Waals surface area contributed by atoms with Crippen molar-refractivity contribution < 1.29 is 4.92 Å². The molecule has 0 aliphatic heterocycles. The van der Waals surface area contributed by atoms with Gasteiger partial charge in [-0.2, -0.15) is 0 Å². The normalized spacial score (nSPS) is 10.5. The summed E-state index contributed by atoms with van der Waals surface area (Å²) in [4.78, 5) is 14.5. The highest BCUT2D eigenvalue weighted by molar-refractivity contribution is 7.09. The van der Waals surface area contributed by atoms with Crippen molar-refractivity contribution in [3.8, 4) is 0 Å². The largest absolute Gasteiger partial charge is 0.272 e. The molecule has 1 radical (unpaired) electrons. The summed E-state index contributed by atoms with van der Waals surface area (Å²) in [6.07, 6.45) is 3.48. The second-order valence-corrected chi connectivity index (χ2v) is 4.81. The fourth-order valence-corrected chi connectivity index (χ4v) is 2.30. The van der Waals surface area contributed by atoms with Gasteiger partial charge < -0.3 is 0 Å². The molecule has 5 heteroatoms. The van der Waals surface area contributed by atoms with E-state index >= 15 is 0 Å². The molecule has 0 atom stereocenters. The van der Waals surface area contributed by atoms with Crippen LogP contribution in [0.25, 0.3) is 0 Å². The molecular formula is C12H11N2O2S. The Morgan fingerprint density at radius 3 is 2.76 bits per heavy atom. The van der Waals surface area contributed by atoms with Crippen LogP contribution in [0.5, 0.6) is 0 Å². The number of aryl methyl sites for hydroxylation is 2. The molecule has 4 nitrogen and oxygen atoms in total. The van der Waals surface area contributed by atoms with Crippen LogP contribution >= 0.6 is 11.3 Å². The number of hydrogen-bond acceptors (Lipinski definition) is 4. The van der Waals surface area contributed by atoms with Crippen molar-refractivity contribution in [2.45, 2.75) is 20.3 Å². The van der Waals surface area contributed by atoms with E-state index in [0.717, 1.165) is 16.1 Å². The van der Waals surface area contributed by atoms with Crippen LogP contribution in [0, 0.1) is 30.2 Å². The van der Waals surface area contributed by atoms with Crippen molar-refractivity contribution in [1.29, 1.82) is 0 Å². The van der Waals surface area contributed by atoms with Crippen molar-refractivity contribution >= 4 is 17.0 Å². The summed E-state index contributed by atoms with van der Waals surface area (Å²) in [6.45, 7) is 3.65. The van der Waals surface area contributed by atoms with Gasteiger partial charge in [0, 0.05) is 23.4 Å². The van der Waals surface area contributed by atoms with E-state index in [0.29, 0.717) is 12.0 Å². The monoisotopic (exact) mass is 247 g/mol. The van der Waals surface area contributed by atoms with Gasteiger partial charge in [-0.25, -0.2) is 4.98 Å². The topological polar surface area (TPSA) is 56.0 Å². The Kier molecular flexibility index (Phi) is 3.19. The van der Waals surface area contributed by atoms with E-state index in [-0.39, 0.29) is 10.6 Å². The summed E-state index contributed by atoms with van der Waals surface area (Å²) < 4.78 is 0. The number of nitro groups is 1. The molecule has 17 heavy (non-hydrogen) atoms. The molecule has 2 aromatic rings. The van der Waals surface area contributed by atoms with Crippen LogP contribution in [0.1, 0.15) is 21.7 Å². The average molecular weight is 247 g/mol. The number of benzene rings is 1. The van der Waals surface area contributed by atoms with Gasteiger partial charge in [-0.15, -0.1) is 11.3 Å². The molecule has 0 aliphatic carbocycles. The van der Waals surface area contributed by atoms with E-state index in [1.54, 1.807) is 24.3 Å². The highest BCUT2D eigenvalue weighted by atomic mass is 32.1. The van der Waals surface area contributed by atoms with Crippen LogP contribution in [0.2, 0.25) is 0 Å². The van der Waals surface area contributed by atoms with Crippen LogP contribution in [0.15, 0.2) is 17.5 Å². The minimum Gasteiger partial charge on any atom is -0.258 e. The molecule has 0 bridgehead atoms. The third-order valence-corrected chi connectivity index (χ3v) is 3.36. The van der Waals surface area contributed by atoms with Crippen molar-refractivity contribution in [2.24, 2.45) is 0 Å². The predicted octanol–water partition coefficient (Wildman–Crippen LogP) is 3.06. The zero-order chi connectivity index (χ0) is 12.4. The van der Waals surface area contributed by atoms with E-state index in [1.165, 1.54) is 0 Å². The van der Waals surface area contributed by atoms with E-state index in [9.17, 15) is 10.1 Å². The first kappa shape index (κ1) is 11.7. The standard InChI is InChI=1S/C12H11N2O2S/c1-8-6-11(14(15)16)9(2)5-10(8)7-12-13-3-4-17-12/h4-6H,7H2,1-2H3. The van der Waals surface area contributed by atoms with Gasteiger partial charge in [0.05, 0.1) is 9.93 Å². The van der Waals surface area contributed by atoms with Gasteiger partial charge in [0.1, 0.15) is 6.20 Å². The lowest BCUT2D eigenvalue weighted by atomic mass is 10.0. The van der Waals surface area contributed by atoms with Crippen molar-refractivity contribution in [1.82, 2.24) is 4.98 Å². The summed E-state index contributed by atoms with van der Waals surface area (Å²) in [6, 6.07) is 3.50. The molecular weight excluding hydrogens is 236 g/mol. The third-order valence-electron chi connectivity index (χ3n) is 2.63. The summed E-state index contributed by atoms with van der Waals surface area (Å²) >= 11 is 1.54. The molecule has 2 rings (SSSR count). The van der Waals surface area contributed by atoms with Gasteiger partial charge in [-0.3, -0.25) is 10.1 Å². The zero-order valence-corrected chi connectivity index (χ0v) is 10.4. The maximum Gasteiger partial charge on any atom is 0.272 e. The Hall–Kier alpha value is -1.75. The van der Waals surface area contributed by atoms with Gasteiger partial charge >= 0.3 is 0 Å². The smallest absolute Gasteiger partial charge is 0.258 e. The van der Waals surface area contributed by atoms with Crippen molar-refractivity contribution in [3.05, 3.63) is 55.5 Å². The van der Waals surface area contributed by atoms with Crippen molar-refractivity contribution in [2.75, 3.05) is 0 Å². The van der Waals surface area contributed by atoms with Gasteiger partial charge in [0.2, 0.25) is 0 Å². The highest BCUT2D eigenvalue weighted by Crippen LogP contribution is 2.24. The number of aromatic nitrogens is 1. The highest BCUT2D eigenvalue weighted by Gasteiger charge is 2.13. The maximum atomic E-state index is 10.8. The van der Waals surface area contributed by atoms with Gasteiger partial charge in [-0.1, -0.05) is 0 Å². The number of thiazole rings is 1. The van der Waals surface area contributed by atoms with Crippen LogP contribution in [-0.4, -0.2) is 9.91 Å². The molecule has 1 aromatic carbocycles. The number of nitrogens with zero attached hydrogens (tertiary/aromatic N) is 2. The molecule has 0 amide bonds. The Labute approximate surface area is 103 Å². The Morgan fingerprint density at radius 1 is 1.41 bits per heavy atom. The SMILES string of the molecule is Cc1cc([N+](=O)[O-])c(C)cc1Cc1n[c]cs1. The first-order valence-electron chi connectivity index (χ1n) is 5.13. The summed E-state index contributed by atoms with van der Waals surface area (Å²) in [5.41, 5.74) is 2.88. The Balaban J connectivity index is 2.36. The summed E-state index contributed by atoms with van der Waals surface area (Å²) in [7, 11) is 0. The number of hydrogen-bond donors (Lipinski definition) is 0. The lowest BCUT2D eigenvalue weighted by Gasteiger charge is -2.06. The molecule has 1 aromatic heterocycles. The predicted molar refractivity (Wildman–Crippen MR) is 66.3 cm³/mol. The van der Waals surface area contributed by atoms with Crippen LogP contribution < -0.4 is 0 Å². The number of nitro benzene ring substituents is 1. The average Bonchev–Trinajstić information content (AvgIpc) is 2.75. The van der Waals surface area contributed by atoms with Crippen LogP contribution in [0.4, 0.5) is 5.69 Å². The zero-order valence-electron chi connectivity index (χ0n) is 9.56. The second kappa shape index (κ2) is 4.63. The Morgan fingerprint density at radius 2 is 2.18 bits per heavy atom. The lowest BCUT2D eigenvalue weighted by molar-refractivity contribution is -0.385. The minimum atomic E-state index is -0.344. The fourth-order valence-electron chi connectivity index (χ4n) is 1.71. The summed E-state index contributed by atoms with van der Waals surface area (Å²) in [5, 5.41) is 13.6. The van der Waals surface area contributed by atoms with Crippen molar-refractivity contribution in [3.63, 3.8) is 0 Å². The minimum absolute atomic E-state index is 0.178. The molecule has 0 spiro atoms. The maximum absolute atomic E-state index is 10.8. The van der Waals surface area contributed by atoms with E-state index in [4.69, 9.17) is 0 Å². The van der Waals surface area contributed by atoms with Gasteiger partial charge in [0.15, 0.2) is 0 Å². The van der Waals surface area contributed by atoms with Gasteiger partial charge in [0.25, 0.3) is 5.69 Å². The van der Waals surface area contributed by atoms with E-state index in [2.05, 4.69) is 11.2 Å². The first-order chi connectivity index (χ1) is 8.08. The molecule has 0 fully saturated rings. The number of rotatable bonds is 3. The van der Waals surface area contributed by atoms with E-state index < -0.39 is 0 Å². The molecule has 0 aliphatic rings. The third kappa shape index (κ3) is 2.50. The van der Waals surface area contributed by atoms with Gasteiger partial charge in [-0.05, 0) is 31.0 Å². The summed E-state index contributed by atoms with van der Waals surface area (Å²) in [5.74, 6) is 0. The Bertz CT molecular complexity index is 550. The van der Waals surface area contributed by atoms with Crippen LogP contribution in [0.3, 0.4) is 0 Å². The quantitative estimate of drug-likeness (QED) is 0.618. The molecule has 87 valence electrons. The molecule has 0 unspecified atom stereocenters. The first-order valence-corrected chi connectivity index (χ1v) is 6.01. The molecule has 0 saturated carbocycles. The second-order valence-electron chi connectivity index (χ2n) is 3.87. The fraction of sp³-hybridized carbons (Fsp3) is 0.250. The molecule has 0 saturated heterocycles. The lowest BCUT2D eigenvalue weighted by Crippen LogP contribution is -1.97. The van der Waals surface area contributed by atoms with E-state index in [1.807, 2.05) is 18.4 Å². The van der Waals surface area contributed by atoms with Crippen LogP contribution in [-0.2, 0) is 6.42 Å². The molecule has 1 heterocycles. The molecule has 0 N–H and O–H groups in total.